The van der Waals surface area contributed by atoms with Crippen molar-refractivity contribution in [2.45, 2.75) is 0 Å². The summed E-state index contributed by atoms with van der Waals surface area (Å²) in [5.74, 6) is 8.99. The van der Waals surface area contributed by atoms with Gasteiger partial charge < -0.3 is 9.68 Å². The number of carbonyl (C=O) groups excluding carboxylic acids is 3. The van der Waals surface area contributed by atoms with E-state index in [0.29, 0.717) is 0 Å². The van der Waals surface area contributed by atoms with Crippen molar-refractivity contribution in [1.29, 1.82) is 0 Å². The molecule has 12 heavy (non-hydrogen) atoms. The highest BCUT2D eigenvalue weighted by atomic mass is 31.2. The van der Waals surface area contributed by atoms with Crippen molar-refractivity contribution in [3.63, 3.8) is 0 Å². The summed E-state index contributed by atoms with van der Waals surface area (Å²) in [6.07, 6.45) is 0. The first-order valence-electron chi connectivity index (χ1n) is 2.68. The lowest BCUT2D eigenvalue weighted by atomic mass is 11.5. The third kappa shape index (κ3) is 1.76. The van der Waals surface area contributed by atoms with Crippen LogP contribution in [0.2, 0.25) is 0 Å². The van der Waals surface area contributed by atoms with Crippen molar-refractivity contribution in [3.8, 4) is 0 Å². The molecule has 0 aromatic heterocycles. The maximum atomic E-state index is 10.8. The van der Waals surface area contributed by atoms with Crippen LogP contribution in [-0.4, -0.2) is 24.1 Å². The molecule has 0 heterocycles. The predicted octanol–water partition coefficient (Wildman–Crippen LogP) is -0.155. The van der Waals surface area contributed by atoms with Gasteiger partial charge in [0.25, 0.3) is 6.03 Å². The Labute approximate surface area is 68.2 Å². The largest absolute Gasteiger partial charge is 0.489 e. The summed E-state index contributed by atoms with van der Waals surface area (Å²) < 4.78 is 0. The van der Waals surface area contributed by atoms with Gasteiger partial charge in [-0.2, -0.15) is 11.8 Å². The maximum Gasteiger partial charge on any atom is 0.489 e. The molecule has 0 spiro atoms. The normalized spacial score (nSPS) is 10.2. The summed E-state index contributed by atoms with van der Waals surface area (Å²) in [5.41, 5.74) is -2.24. The molecular formula is C4H8N2O5P+. The van der Waals surface area contributed by atoms with E-state index < -0.39 is 18.7 Å². The van der Waals surface area contributed by atoms with E-state index in [0.717, 1.165) is 6.66 Å². The van der Waals surface area contributed by atoms with E-state index in [4.69, 9.17) is 0 Å². The Kier molecular flexibility index (Phi) is 3.75. The highest BCUT2D eigenvalue weighted by molar-refractivity contribution is 8.12. The molecule has 8 heteroatoms. The van der Waals surface area contributed by atoms with E-state index in [1.165, 1.54) is 0 Å². The van der Waals surface area contributed by atoms with Crippen LogP contribution >= 0.6 is 7.26 Å². The van der Waals surface area contributed by atoms with Crippen LogP contribution in [0.5, 0.6) is 0 Å². The van der Waals surface area contributed by atoms with Crippen LogP contribution in [0.4, 0.5) is 9.59 Å². The first-order valence-corrected chi connectivity index (χ1v) is 4.98. The highest BCUT2D eigenvalue weighted by Gasteiger charge is 2.55. The molecule has 4 N–H and O–H groups in total. The highest BCUT2D eigenvalue weighted by Crippen LogP contribution is 2.54. The first kappa shape index (κ1) is 11.0. The molecule has 0 amide bonds. The minimum Gasteiger partial charge on any atom is -0.342 e. The predicted molar refractivity (Wildman–Crippen MR) is 40.9 cm³/mol. The van der Waals surface area contributed by atoms with Crippen LogP contribution in [0, 0.1) is 0 Å². The Balaban J connectivity index is 4.79. The van der Waals surface area contributed by atoms with Gasteiger partial charge in [-0.05, 0) is 0 Å². The summed E-state index contributed by atoms with van der Waals surface area (Å²) in [4.78, 5) is 39.4. The van der Waals surface area contributed by atoms with Crippen LogP contribution < -0.4 is 11.8 Å². The summed E-state index contributed by atoms with van der Waals surface area (Å²) in [5, 5.41) is 0. The van der Waals surface area contributed by atoms with Crippen molar-refractivity contribution in [2.75, 3.05) is 6.66 Å². The van der Waals surface area contributed by atoms with Gasteiger partial charge in [-0.15, -0.1) is 0 Å². The summed E-state index contributed by atoms with van der Waals surface area (Å²) in [6, 6.07) is 0.150. The van der Waals surface area contributed by atoms with Gasteiger partial charge in [-0.1, -0.05) is 0 Å². The molecule has 0 aromatic rings. The van der Waals surface area contributed by atoms with Crippen LogP contribution in [0.3, 0.4) is 0 Å². The molecule has 7 nitrogen and oxygen atoms in total. The minimum absolute atomic E-state index is 0.150. The Morgan fingerprint density at radius 1 is 1.25 bits per heavy atom. The molecule has 0 atom stereocenters. The number of rotatable bonds is 3. The van der Waals surface area contributed by atoms with Crippen molar-refractivity contribution in [3.05, 3.63) is 0 Å². The van der Waals surface area contributed by atoms with Gasteiger partial charge in [-0.3, -0.25) is 4.79 Å². The van der Waals surface area contributed by atoms with E-state index in [9.17, 15) is 14.4 Å². The summed E-state index contributed by atoms with van der Waals surface area (Å²) in [6.45, 7) is 1.09. The lowest BCUT2D eigenvalue weighted by Gasteiger charge is -2.05. The van der Waals surface area contributed by atoms with E-state index in [2.05, 4.69) is 21.5 Å². The lowest BCUT2D eigenvalue weighted by Crippen LogP contribution is -2.22. The molecule has 0 unspecified atom stereocenters. The Morgan fingerprint density at radius 3 is 1.75 bits per heavy atom. The average Bonchev–Trinajstić information content (AvgIpc) is 2.13. The average molecular weight is 195 g/mol. The molecule has 0 radical (unpaired) electrons. The van der Waals surface area contributed by atoms with Crippen LogP contribution in [0.15, 0.2) is 0 Å². The van der Waals surface area contributed by atoms with Gasteiger partial charge in [0.15, 0.2) is 0 Å². The molecule has 68 valence electrons. The molecule has 0 aromatic carbocycles. The second-order valence-electron chi connectivity index (χ2n) is 1.95. The third-order valence-electron chi connectivity index (χ3n) is 1.17. The van der Waals surface area contributed by atoms with Crippen LogP contribution in [0.1, 0.15) is 0 Å². The minimum atomic E-state index is -3.29. The number of hydrogen-bond donors (Lipinski definition) is 2. The van der Waals surface area contributed by atoms with Gasteiger partial charge in [0.05, 0.1) is 6.66 Å². The van der Waals surface area contributed by atoms with Crippen molar-refractivity contribution in [2.24, 2.45) is 11.8 Å². The summed E-state index contributed by atoms with van der Waals surface area (Å²) >= 11 is 0. The molecule has 0 bridgehead atoms. The van der Waals surface area contributed by atoms with Crippen molar-refractivity contribution < 1.29 is 24.1 Å². The second kappa shape index (κ2) is 4.10. The number of carbonyl (C=O) groups is 3. The quantitative estimate of drug-likeness (QED) is 0.364. The fourth-order valence-electron chi connectivity index (χ4n) is 0.380. The Hall–Kier alpha value is -1.04. The summed E-state index contributed by atoms with van der Waals surface area (Å²) in [7, 11) is -3.29. The Bertz CT molecular complexity index is 201. The Morgan fingerprint density at radius 2 is 1.58 bits per heavy atom. The fraction of sp³-hybridized carbons (Fsp3) is 0.250. The smallest absolute Gasteiger partial charge is 0.342 e. The van der Waals surface area contributed by atoms with Gasteiger partial charge in [0, 0.05) is 0 Å². The molecule has 0 saturated carbocycles. The van der Waals surface area contributed by atoms with Crippen LogP contribution in [-0.2, 0) is 14.5 Å². The fourth-order valence-corrected chi connectivity index (χ4v) is 1.14. The molecule has 0 aliphatic heterocycles. The molecule has 0 saturated heterocycles. The van der Waals surface area contributed by atoms with Crippen LogP contribution in [0.25, 0.3) is 0 Å². The molecule has 0 aliphatic rings. The second-order valence-corrected chi connectivity index (χ2v) is 5.04. The number of nitrogens with two attached hydrogens (primary N) is 2. The first-order chi connectivity index (χ1) is 5.52. The molecule has 0 rings (SSSR count). The molecule has 0 fully saturated rings. The monoisotopic (exact) mass is 195 g/mol. The topological polar surface area (TPSA) is 122 Å². The lowest BCUT2D eigenvalue weighted by molar-refractivity contribution is 0.168. The zero-order valence-electron chi connectivity index (χ0n) is 6.22. The zero-order chi connectivity index (χ0) is 9.78. The van der Waals surface area contributed by atoms with Gasteiger partial charge in [-0.25, -0.2) is 9.59 Å². The third-order valence-corrected chi connectivity index (χ3v) is 3.32. The number of hydrogen-bond acceptors (Lipinski definition) is 7. The SMILES string of the molecule is C[P+](C=O)(C(=O)ON)C(=O)ON. The van der Waals surface area contributed by atoms with Gasteiger partial charge in [0.1, 0.15) is 0 Å². The zero-order valence-corrected chi connectivity index (χ0v) is 7.11. The molecular weight excluding hydrogens is 187 g/mol. The van der Waals surface area contributed by atoms with Gasteiger partial charge >= 0.3 is 18.7 Å². The van der Waals surface area contributed by atoms with Crippen molar-refractivity contribution in [1.82, 2.24) is 0 Å². The maximum absolute atomic E-state index is 10.8. The van der Waals surface area contributed by atoms with E-state index >= 15 is 0 Å². The van der Waals surface area contributed by atoms with E-state index in [1.807, 2.05) is 0 Å². The van der Waals surface area contributed by atoms with Gasteiger partial charge in [0.2, 0.25) is 0 Å². The van der Waals surface area contributed by atoms with E-state index in [-0.39, 0.29) is 6.03 Å². The standard InChI is InChI=1S/C4H8N2O5P/c1-12(2-7,3(8)10-5)4(9)11-6/h2H,5-6H2,1H3/q+1. The molecule has 0 aliphatic carbocycles. The van der Waals surface area contributed by atoms with Crippen molar-refractivity contribution >= 4 is 24.7 Å². The van der Waals surface area contributed by atoms with E-state index in [1.54, 1.807) is 0 Å².